The quantitative estimate of drug-likeness (QED) is 0.507. The SMILES string of the molecule is CC1(C)CCC(C)(C)c2cc(-c3cc4cc(SCC(=O)O)ccc4[nH]3)ccc21. The first-order chi connectivity index (χ1) is 13.2. The first kappa shape index (κ1) is 19.1. The van der Waals surface area contributed by atoms with Crippen LogP contribution in [0.15, 0.2) is 47.4 Å². The predicted octanol–water partition coefficient (Wildman–Crippen LogP) is 6.36. The average Bonchev–Trinajstić information content (AvgIpc) is 3.07. The van der Waals surface area contributed by atoms with Crippen LogP contribution in [0.1, 0.15) is 51.7 Å². The molecule has 2 aromatic carbocycles. The minimum atomic E-state index is -0.792. The zero-order chi connectivity index (χ0) is 20.1. The van der Waals surface area contributed by atoms with E-state index in [1.807, 2.05) is 12.1 Å². The fourth-order valence-electron chi connectivity index (χ4n) is 4.26. The molecule has 1 aliphatic rings. The predicted molar refractivity (Wildman–Crippen MR) is 117 cm³/mol. The smallest absolute Gasteiger partial charge is 0.313 e. The molecule has 0 aliphatic heterocycles. The van der Waals surface area contributed by atoms with Gasteiger partial charge in [0.05, 0.1) is 5.75 Å². The zero-order valence-corrected chi connectivity index (χ0v) is 17.7. The number of benzene rings is 2. The molecule has 1 heterocycles. The number of carboxylic acid groups (broad SMARTS) is 1. The van der Waals surface area contributed by atoms with Crippen LogP contribution in [0.5, 0.6) is 0 Å². The summed E-state index contributed by atoms with van der Waals surface area (Å²) in [6.45, 7) is 9.39. The maximum atomic E-state index is 10.8. The van der Waals surface area contributed by atoms with E-state index in [0.717, 1.165) is 21.5 Å². The number of nitrogens with one attached hydrogen (secondary N) is 1. The molecule has 0 bridgehead atoms. The van der Waals surface area contributed by atoms with E-state index in [4.69, 9.17) is 5.11 Å². The average molecular weight is 394 g/mol. The Balaban J connectivity index is 1.73. The van der Waals surface area contributed by atoms with Gasteiger partial charge in [0.15, 0.2) is 0 Å². The van der Waals surface area contributed by atoms with Gasteiger partial charge in [-0.25, -0.2) is 0 Å². The van der Waals surface area contributed by atoms with Crippen LogP contribution in [-0.2, 0) is 15.6 Å². The molecule has 0 unspecified atom stereocenters. The van der Waals surface area contributed by atoms with Crippen LogP contribution < -0.4 is 0 Å². The van der Waals surface area contributed by atoms with Gasteiger partial charge < -0.3 is 10.1 Å². The lowest BCUT2D eigenvalue weighted by Crippen LogP contribution is -2.33. The maximum absolute atomic E-state index is 10.8. The minimum Gasteiger partial charge on any atom is -0.481 e. The molecule has 0 saturated carbocycles. The minimum absolute atomic E-state index is 0.0818. The molecule has 2 N–H and O–H groups in total. The lowest BCUT2D eigenvalue weighted by Gasteiger charge is -2.42. The number of carboxylic acids is 1. The molecular weight excluding hydrogens is 366 g/mol. The fraction of sp³-hybridized carbons (Fsp3) is 0.375. The van der Waals surface area contributed by atoms with Gasteiger partial charge in [-0.2, -0.15) is 0 Å². The summed E-state index contributed by atoms with van der Waals surface area (Å²) in [7, 11) is 0. The van der Waals surface area contributed by atoms with Crippen molar-refractivity contribution in [2.75, 3.05) is 5.75 Å². The molecule has 0 radical (unpaired) electrons. The molecule has 0 spiro atoms. The van der Waals surface area contributed by atoms with Crippen molar-refractivity contribution in [1.82, 2.24) is 4.98 Å². The van der Waals surface area contributed by atoms with Crippen molar-refractivity contribution in [3.8, 4) is 11.3 Å². The fourth-order valence-corrected chi connectivity index (χ4v) is 4.92. The number of H-pyrrole nitrogens is 1. The van der Waals surface area contributed by atoms with Crippen molar-refractivity contribution < 1.29 is 9.90 Å². The molecule has 3 aromatic rings. The van der Waals surface area contributed by atoms with Crippen LogP contribution in [0, 0.1) is 0 Å². The van der Waals surface area contributed by atoms with E-state index in [9.17, 15) is 4.79 Å². The second-order valence-corrected chi connectivity index (χ2v) is 10.2. The Kier molecular flexibility index (Phi) is 4.58. The van der Waals surface area contributed by atoms with Crippen LogP contribution in [0.2, 0.25) is 0 Å². The number of aromatic nitrogens is 1. The highest BCUT2D eigenvalue weighted by atomic mass is 32.2. The van der Waals surface area contributed by atoms with Gasteiger partial charge in [-0.15, -0.1) is 11.8 Å². The van der Waals surface area contributed by atoms with Crippen LogP contribution in [0.3, 0.4) is 0 Å². The van der Waals surface area contributed by atoms with E-state index in [1.54, 1.807) is 0 Å². The third-order valence-electron chi connectivity index (χ3n) is 6.12. The van der Waals surface area contributed by atoms with Crippen molar-refractivity contribution in [2.45, 2.75) is 56.3 Å². The Hall–Kier alpha value is -2.20. The van der Waals surface area contributed by atoms with Gasteiger partial charge >= 0.3 is 5.97 Å². The van der Waals surface area contributed by atoms with E-state index >= 15 is 0 Å². The second-order valence-electron chi connectivity index (χ2n) is 9.14. The highest BCUT2D eigenvalue weighted by molar-refractivity contribution is 8.00. The van der Waals surface area contributed by atoms with E-state index in [1.165, 1.54) is 41.3 Å². The maximum Gasteiger partial charge on any atom is 0.313 e. The van der Waals surface area contributed by atoms with Gasteiger partial charge in [-0.05, 0) is 70.7 Å². The van der Waals surface area contributed by atoms with E-state index in [0.29, 0.717) is 0 Å². The summed E-state index contributed by atoms with van der Waals surface area (Å²) in [4.78, 5) is 15.3. The number of thioether (sulfide) groups is 1. The van der Waals surface area contributed by atoms with Crippen LogP contribution >= 0.6 is 11.8 Å². The molecule has 4 heteroatoms. The molecule has 0 saturated heterocycles. The number of fused-ring (bicyclic) bond motifs is 2. The van der Waals surface area contributed by atoms with Gasteiger partial charge in [0.1, 0.15) is 0 Å². The molecule has 0 fully saturated rings. The number of hydrogen-bond acceptors (Lipinski definition) is 2. The molecule has 1 aromatic heterocycles. The molecule has 0 amide bonds. The lowest BCUT2D eigenvalue weighted by atomic mass is 9.63. The third kappa shape index (κ3) is 3.46. The molecule has 28 heavy (non-hydrogen) atoms. The Morgan fingerprint density at radius 2 is 1.71 bits per heavy atom. The number of hydrogen-bond donors (Lipinski definition) is 2. The highest BCUT2D eigenvalue weighted by Crippen LogP contribution is 2.46. The number of aliphatic carboxylic acids is 1. The number of aromatic amines is 1. The van der Waals surface area contributed by atoms with Crippen molar-refractivity contribution in [2.24, 2.45) is 0 Å². The largest absolute Gasteiger partial charge is 0.481 e. The molecule has 4 rings (SSSR count). The van der Waals surface area contributed by atoms with Crippen LogP contribution in [-0.4, -0.2) is 21.8 Å². The number of rotatable bonds is 4. The van der Waals surface area contributed by atoms with Crippen LogP contribution in [0.4, 0.5) is 0 Å². The highest BCUT2D eigenvalue weighted by Gasteiger charge is 2.37. The second kappa shape index (κ2) is 6.70. The summed E-state index contributed by atoms with van der Waals surface area (Å²) in [6.07, 6.45) is 2.42. The summed E-state index contributed by atoms with van der Waals surface area (Å²) in [5, 5.41) is 10.0. The summed E-state index contributed by atoms with van der Waals surface area (Å²) in [5.74, 6) is -0.710. The van der Waals surface area contributed by atoms with Gasteiger partial charge in [0.25, 0.3) is 0 Å². The van der Waals surface area contributed by atoms with Gasteiger partial charge in [-0.1, -0.05) is 39.8 Å². The first-order valence-corrected chi connectivity index (χ1v) is 10.8. The first-order valence-electron chi connectivity index (χ1n) is 9.78. The van der Waals surface area contributed by atoms with Crippen molar-refractivity contribution in [3.05, 3.63) is 53.6 Å². The molecule has 0 atom stereocenters. The van der Waals surface area contributed by atoms with Gasteiger partial charge in [0, 0.05) is 21.5 Å². The lowest BCUT2D eigenvalue weighted by molar-refractivity contribution is -0.133. The summed E-state index contributed by atoms with van der Waals surface area (Å²) < 4.78 is 0. The Morgan fingerprint density at radius 3 is 2.43 bits per heavy atom. The molecule has 3 nitrogen and oxygen atoms in total. The summed E-state index contributed by atoms with van der Waals surface area (Å²) in [5.41, 5.74) is 6.73. The summed E-state index contributed by atoms with van der Waals surface area (Å²) in [6, 6.07) is 15.2. The number of carbonyl (C=O) groups is 1. The molecule has 1 aliphatic carbocycles. The third-order valence-corrected chi connectivity index (χ3v) is 7.10. The Bertz CT molecular complexity index is 1060. The monoisotopic (exact) mass is 393 g/mol. The molecular formula is C24H27NO2S. The normalized spacial score (nSPS) is 17.4. The Morgan fingerprint density at radius 1 is 1.00 bits per heavy atom. The van der Waals surface area contributed by atoms with Crippen molar-refractivity contribution in [3.63, 3.8) is 0 Å². The van der Waals surface area contributed by atoms with E-state index < -0.39 is 5.97 Å². The topological polar surface area (TPSA) is 53.1 Å². The van der Waals surface area contributed by atoms with Crippen molar-refractivity contribution >= 4 is 28.6 Å². The van der Waals surface area contributed by atoms with Gasteiger partial charge in [-0.3, -0.25) is 4.79 Å². The zero-order valence-electron chi connectivity index (χ0n) is 16.9. The van der Waals surface area contributed by atoms with E-state index in [-0.39, 0.29) is 16.6 Å². The van der Waals surface area contributed by atoms with E-state index in [2.05, 4.69) is 63.0 Å². The van der Waals surface area contributed by atoms with Crippen molar-refractivity contribution in [1.29, 1.82) is 0 Å². The molecule has 146 valence electrons. The van der Waals surface area contributed by atoms with Crippen LogP contribution in [0.25, 0.3) is 22.2 Å². The Labute approximate surface area is 170 Å². The standard InChI is InChI=1S/C24H27NO2S/c1-23(2)9-10-24(3,4)19-12-15(5-7-18(19)23)21-13-16-11-17(28-14-22(26)27)6-8-20(16)25-21/h5-8,11-13,25H,9-10,14H2,1-4H3,(H,26,27). The summed E-state index contributed by atoms with van der Waals surface area (Å²) >= 11 is 1.35. The van der Waals surface area contributed by atoms with Gasteiger partial charge in [0.2, 0.25) is 0 Å².